The molecule has 1 N–H and O–H groups in total. The zero-order valence-corrected chi connectivity index (χ0v) is 12.1. The standard InChI is InChI=1S/C14H16ClNO3/c1-7(2)9-6-10(17)12-13(16-9)11(18-3)5-8(15)14(12)19-4/h5-7H,1-4H3,(H,16,17). The van der Waals surface area contributed by atoms with E-state index in [1.807, 2.05) is 13.8 Å². The molecule has 0 spiro atoms. The van der Waals surface area contributed by atoms with Crippen molar-refractivity contribution in [2.24, 2.45) is 0 Å². The maximum absolute atomic E-state index is 12.3. The van der Waals surface area contributed by atoms with Crippen LogP contribution in [-0.4, -0.2) is 19.2 Å². The molecule has 0 saturated heterocycles. The van der Waals surface area contributed by atoms with Crippen LogP contribution in [0.15, 0.2) is 16.9 Å². The molecule has 1 heterocycles. The van der Waals surface area contributed by atoms with Crippen LogP contribution in [0, 0.1) is 0 Å². The van der Waals surface area contributed by atoms with E-state index in [4.69, 9.17) is 21.1 Å². The minimum atomic E-state index is -0.130. The lowest BCUT2D eigenvalue weighted by Gasteiger charge is -2.13. The van der Waals surface area contributed by atoms with Gasteiger partial charge in [0.1, 0.15) is 5.75 Å². The van der Waals surface area contributed by atoms with E-state index in [0.717, 1.165) is 5.69 Å². The Hall–Kier alpha value is -1.68. The molecule has 0 aliphatic heterocycles. The number of pyridine rings is 1. The largest absolute Gasteiger partial charge is 0.494 e. The Morgan fingerprint density at radius 2 is 1.89 bits per heavy atom. The number of methoxy groups -OCH3 is 2. The molecular formula is C14H16ClNO3. The number of nitrogens with one attached hydrogen (secondary N) is 1. The molecule has 0 fully saturated rings. The predicted octanol–water partition coefficient (Wildman–Crippen LogP) is 3.32. The summed E-state index contributed by atoms with van der Waals surface area (Å²) < 4.78 is 10.5. The highest BCUT2D eigenvalue weighted by molar-refractivity contribution is 6.33. The molecule has 1 aromatic carbocycles. The summed E-state index contributed by atoms with van der Waals surface area (Å²) >= 11 is 6.10. The van der Waals surface area contributed by atoms with Gasteiger partial charge in [0.2, 0.25) is 0 Å². The van der Waals surface area contributed by atoms with Gasteiger partial charge in [0, 0.05) is 17.8 Å². The molecule has 4 nitrogen and oxygen atoms in total. The van der Waals surface area contributed by atoms with Crippen LogP contribution in [0.2, 0.25) is 5.02 Å². The van der Waals surface area contributed by atoms with E-state index in [9.17, 15) is 4.79 Å². The van der Waals surface area contributed by atoms with Gasteiger partial charge in [-0.2, -0.15) is 0 Å². The monoisotopic (exact) mass is 281 g/mol. The van der Waals surface area contributed by atoms with Crippen molar-refractivity contribution < 1.29 is 9.47 Å². The molecule has 19 heavy (non-hydrogen) atoms. The lowest BCUT2D eigenvalue weighted by atomic mass is 10.1. The summed E-state index contributed by atoms with van der Waals surface area (Å²) in [5.74, 6) is 1.11. The molecule has 102 valence electrons. The normalized spacial score (nSPS) is 11.1. The van der Waals surface area contributed by atoms with Crippen LogP contribution in [0.1, 0.15) is 25.5 Å². The third kappa shape index (κ3) is 2.28. The number of halogens is 1. The summed E-state index contributed by atoms with van der Waals surface area (Å²) in [4.78, 5) is 15.5. The number of aromatic nitrogens is 1. The first-order valence-corrected chi connectivity index (χ1v) is 6.34. The summed E-state index contributed by atoms with van der Waals surface area (Å²) in [5, 5.41) is 0.769. The fourth-order valence-electron chi connectivity index (χ4n) is 2.03. The first-order chi connectivity index (χ1) is 8.99. The Kier molecular flexibility index (Phi) is 3.71. The fraction of sp³-hybridized carbons (Fsp3) is 0.357. The average Bonchev–Trinajstić information content (AvgIpc) is 2.38. The number of ether oxygens (including phenoxy) is 2. The molecule has 0 unspecified atom stereocenters. The number of hydrogen-bond acceptors (Lipinski definition) is 3. The SMILES string of the molecule is COc1cc(Cl)c(OC)c2c(=O)cc(C(C)C)[nH]c12. The molecule has 0 amide bonds. The first-order valence-electron chi connectivity index (χ1n) is 5.97. The topological polar surface area (TPSA) is 51.3 Å². The highest BCUT2D eigenvalue weighted by Gasteiger charge is 2.17. The summed E-state index contributed by atoms with van der Waals surface area (Å²) in [6, 6.07) is 3.22. The third-order valence-corrected chi connectivity index (χ3v) is 3.33. The van der Waals surface area contributed by atoms with Crippen LogP contribution >= 0.6 is 11.6 Å². The molecule has 5 heteroatoms. The van der Waals surface area contributed by atoms with E-state index in [-0.39, 0.29) is 11.3 Å². The highest BCUT2D eigenvalue weighted by atomic mass is 35.5. The molecule has 0 saturated carbocycles. The second kappa shape index (κ2) is 5.13. The molecule has 1 aromatic heterocycles. The summed E-state index contributed by atoms with van der Waals surface area (Å²) in [6.45, 7) is 4.02. The van der Waals surface area contributed by atoms with Gasteiger partial charge in [-0.1, -0.05) is 25.4 Å². The van der Waals surface area contributed by atoms with E-state index in [0.29, 0.717) is 27.4 Å². The number of hydrogen-bond donors (Lipinski definition) is 1. The lowest BCUT2D eigenvalue weighted by molar-refractivity contribution is 0.409. The van der Waals surface area contributed by atoms with Crippen LogP contribution in [-0.2, 0) is 0 Å². The van der Waals surface area contributed by atoms with Crippen molar-refractivity contribution in [1.82, 2.24) is 4.98 Å². The van der Waals surface area contributed by atoms with Crippen molar-refractivity contribution in [3.63, 3.8) is 0 Å². The molecule has 2 rings (SSSR count). The second-order valence-electron chi connectivity index (χ2n) is 4.59. The molecule has 0 atom stereocenters. The van der Waals surface area contributed by atoms with E-state index in [1.165, 1.54) is 14.2 Å². The van der Waals surface area contributed by atoms with Crippen LogP contribution in [0.5, 0.6) is 11.5 Å². The number of H-pyrrole nitrogens is 1. The molecule has 0 bridgehead atoms. The molecular weight excluding hydrogens is 266 g/mol. The van der Waals surface area contributed by atoms with Gasteiger partial charge in [-0.05, 0) is 5.92 Å². The summed E-state index contributed by atoms with van der Waals surface area (Å²) in [7, 11) is 3.03. The van der Waals surface area contributed by atoms with Gasteiger partial charge in [0.05, 0.1) is 30.1 Å². The van der Waals surface area contributed by atoms with Gasteiger partial charge in [0.25, 0.3) is 0 Å². The quantitative estimate of drug-likeness (QED) is 0.939. The van der Waals surface area contributed by atoms with Crippen molar-refractivity contribution in [3.8, 4) is 11.5 Å². The Balaban J connectivity index is 2.95. The summed E-state index contributed by atoms with van der Waals surface area (Å²) in [5.41, 5.74) is 1.33. The lowest BCUT2D eigenvalue weighted by Crippen LogP contribution is -2.09. The zero-order chi connectivity index (χ0) is 14.2. The average molecular weight is 282 g/mol. The predicted molar refractivity (Wildman–Crippen MR) is 76.8 cm³/mol. The van der Waals surface area contributed by atoms with Gasteiger partial charge >= 0.3 is 0 Å². The van der Waals surface area contributed by atoms with Crippen molar-refractivity contribution in [2.45, 2.75) is 19.8 Å². The Bertz CT molecular complexity index is 676. The highest BCUT2D eigenvalue weighted by Crippen LogP contribution is 2.37. The van der Waals surface area contributed by atoms with Gasteiger partial charge < -0.3 is 14.5 Å². The van der Waals surface area contributed by atoms with Gasteiger partial charge in [0.15, 0.2) is 11.2 Å². The third-order valence-electron chi connectivity index (χ3n) is 3.05. The van der Waals surface area contributed by atoms with Crippen LogP contribution < -0.4 is 14.9 Å². The van der Waals surface area contributed by atoms with Crippen molar-refractivity contribution in [3.05, 3.63) is 33.1 Å². The maximum Gasteiger partial charge on any atom is 0.193 e. The minimum absolute atomic E-state index is 0.130. The van der Waals surface area contributed by atoms with Crippen LogP contribution in [0.25, 0.3) is 10.9 Å². The Morgan fingerprint density at radius 3 is 2.42 bits per heavy atom. The van der Waals surface area contributed by atoms with Crippen molar-refractivity contribution in [1.29, 1.82) is 0 Å². The smallest absolute Gasteiger partial charge is 0.193 e. The minimum Gasteiger partial charge on any atom is -0.494 e. The van der Waals surface area contributed by atoms with Gasteiger partial charge in [-0.15, -0.1) is 0 Å². The number of rotatable bonds is 3. The van der Waals surface area contributed by atoms with E-state index in [1.54, 1.807) is 12.1 Å². The van der Waals surface area contributed by atoms with Crippen LogP contribution in [0.3, 0.4) is 0 Å². The van der Waals surface area contributed by atoms with Gasteiger partial charge in [-0.3, -0.25) is 4.79 Å². The Labute approximate surface area is 116 Å². The summed E-state index contributed by atoms with van der Waals surface area (Å²) in [6.07, 6.45) is 0. The first kappa shape index (κ1) is 13.7. The molecule has 0 aliphatic carbocycles. The van der Waals surface area contributed by atoms with E-state index in [2.05, 4.69) is 4.98 Å². The number of fused-ring (bicyclic) bond motifs is 1. The zero-order valence-electron chi connectivity index (χ0n) is 11.3. The fourth-order valence-corrected chi connectivity index (χ4v) is 2.30. The number of benzene rings is 1. The van der Waals surface area contributed by atoms with Crippen LogP contribution in [0.4, 0.5) is 0 Å². The van der Waals surface area contributed by atoms with E-state index >= 15 is 0 Å². The Morgan fingerprint density at radius 1 is 1.21 bits per heavy atom. The maximum atomic E-state index is 12.3. The van der Waals surface area contributed by atoms with Crippen molar-refractivity contribution in [2.75, 3.05) is 14.2 Å². The van der Waals surface area contributed by atoms with Crippen molar-refractivity contribution >= 4 is 22.5 Å². The van der Waals surface area contributed by atoms with E-state index < -0.39 is 0 Å². The molecule has 0 aliphatic rings. The molecule has 2 aromatic rings. The van der Waals surface area contributed by atoms with Gasteiger partial charge in [-0.25, -0.2) is 0 Å². The second-order valence-corrected chi connectivity index (χ2v) is 4.99. The number of aromatic amines is 1. The molecule has 0 radical (unpaired) electrons.